The van der Waals surface area contributed by atoms with Gasteiger partial charge in [-0.15, -0.1) is 12.4 Å². The molecular weight excluding hydrogens is 406 g/mol. The van der Waals surface area contributed by atoms with E-state index in [1.54, 1.807) is 31.5 Å². The summed E-state index contributed by atoms with van der Waals surface area (Å²) in [6.45, 7) is 5.59. The summed E-state index contributed by atoms with van der Waals surface area (Å²) in [5.74, 6) is -1.70. The molecule has 3 amide bonds. The van der Waals surface area contributed by atoms with Crippen LogP contribution in [-0.4, -0.2) is 43.8 Å². The van der Waals surface area contributed by atoms with Crippen molar-refractivity contribution < 1.29 is 19.5 Å². The molecule has 2 atom stereocenters. The number of amides is 3. The van der Waals surface area contributed by atoms with Gasteiger partial charge in [0, 0.05) is 18.9 Å². The van der Waals surface area contributed by atoms with E-state index in [9.17, 15) is 19.5 Å². The molecule has 30 heavy (non-hydrogen) atoms. The minimum atomic E-state index is -1.32. The van der Waals surface area contributed by atoms with Crippen LogP contribution in [0.15, 0.2) is 54.9 Å². The summed E-state index contributed by atoms with van der Waals surface area (Å²) in [6.07, 6.45) is 3.31. The Morgan fingerprint density at radius 3 is 2.23 bits per heavy atom. The number of nitrogens with zero attached hydrogens (tertiary/aromatic N) is 3. The molecule has 2 aromatic rings. The topological polar surface area (TPSA) is 90.8 Å². The van der Waals surface area contributed by atoms with E-state index < -0.39 is 29.5 Å². The van der Waals surface area contributed by atoms with Crippen LogP contribution in [0.25, 0.3) is 0 Å². The number of urea groups is 1. The Hall–Kier alpha value is -2.93. The Kier molecular flexibility index (Phi) is 7.21. The minimum absolute atomic E-state index is 0. The van der Waals surface area contributed by atoms with Crippen molar-refractivity contribution in [3.05, 3.63) is 66.0 Å². The molecule has 2 heterocycles. The molecular formula is C22H26ClN3O4. The van der Waals surface area contributed by atoms with Gasteiger partial charge in [0.1, 0.15) is 11.6 Å². The van der Waals surface area contributed by atoms with Gasteiger partial charge in [-0.3, -0.25) is 9.78 Å². The smallest absolute Gasteiger partial charge is 0.329 e. The number of halogens is 1. The van der Waals surface area contributed by atoms with Crippen molar-refractivity contribution in [1.29, 1.82) is 0 Å². The molecule has 1 aliphatic heterocycles. The highest BCUT2D eigenvalue weighted by Crippen LogP contribution is 2.40. The summed E-state index contributed by atoms with van der Waals surface area (Å²) in [5.41, 5.74) is 0.130. The molecule has 1 fully saturated rings. The molecule has 0 spiro atoms. The Morgan fingerprint density at radius 1 is 1.10 bits per heavy atom. The van der Waals surface area contributed by atoms with Crippen LogP contribution in [0.2, 0.25) is 0 Å². The van der Waals surface area contributed by atoms with Gasteiger partial charge in [0.05, 0.1) is 0 Å². The lowest BCUT2D eigenvalue weighted by Crippen LogP contribution is -2.47. The Bertz CT molecular complexity index is 907. The highest BCUT2D eigenvalue weighted by molar-refractivity contribution is 6.09. The molecule has 1 N–H and O–H groups in total. The fraction of sp³-hybridized carbons (Fsp3) is 0.364. The van der Waals surface area contributed by atoms with Crippen LogP contribution >= 0.6 is 12.4 Å². The fourth-order valence-electron chi connectivity index (χ4n) is 3.74. The Balaban J connectivity index is 0.00000320. The SMILES string of the molecule is CC(C)CC(C(=O)O)N1C(=O)N(Cc2ccccc2)C(C)(c2ccncc2)C1=O.Cl. The summed E-state index contributed by atoms with van der Waals surface area (Å²) in [6, 6.07) is 10.9. The van der Waals surface area contributed by atoms with E-state index in [0.717, 1.165) is 10.5 Å². The molecule has 0 aliphatic carbocycles. The van der Waals surface area contributed by atoms with E-state index in [0.29, 0.717) is 5.56 Å². The molecule has 160 valence electrons. The molecule has 1 aromatic carbocycles. The summed E-state index contributed by atoms with van der Waals surface area (Å²) in [5, 5.41) is 9.76. The summed E-state index contributed by atoms with van der Waals surface area (Å²) >= 11 is 0. The van der Waals surface area contributed by atoms with Gasteiger partial charge in [-0.25, -0.2) is 14.5 Å². The lowest BCUT2D eigenvalue weighted by Gasteiger charge is -2.32. The number of hydrogen-bond donors (Lipinski definition) is 1. The maximum atomic E-state index is 13.5. The van der Waals surface area contributed by atoms with Crippen molar-refractivity contribution in [2.75, 3.05) is 0 Å². The standard InChI is InChI=1S/C22H25N3O4.ClH/c1-15(2)13-18(19(26)27)25-20(28)22(3,17-9-11-23-12-10-17)24(21(25)29)14-16-7-5-4-6-8-16;/h4-12,15,18H,13-14H2,1-3H3,(H,26,27);1H. The number of carboxylic acid groups (broad SMARTS) is 1. The third-order valence-corrected chi connectivity index (χ3v) is 5.33. The molecule has 2 unspecified atom stereocenters. The maximum absolute atomic E-state index is 13.5. The molecule has 1 aromatic heterocycles. The average Bonchev–Trinajstić information content (AvgIpc) is 2.89. The second-order valence-corrected chi connectivity index (χ2v) is 7.82. The number of benzene rings is 1. The Labute approximate surface area is 182 Å². The van der Waals surface area contributed by atoms with E-state index in [-0.39, 0.29) is 31.3 Å². The maximum Gasteiger partial charge on any atom is 0.329 e. The first kappa shape index (κ1) is 23.3. The quantitative estimate of drug-likeness (QED) is 0.675. The van der Waals surface area contributed by atoms with Crippen LogP contribution in [0.4, 0.5) is 4.79 Å². The normalized spacial score (nSPS) is 19.7. The van der Waals surface area contributed by atoms with Gasteiger partial charge in [0.2, 0.25) is 0 Å². The van der Waals surface area contributed by atoms with Crippen molar-refractivity contribution in [1.82, 2.24) is 14.8 Å². The number of carbonyl (C=O) groups excluding carboxylic acids is 2. The average molecular weight is 432 g/mol. The monoisotopic (exact) mass is 431 g/mol. The first-order chi connectivity index (χ1) is 13.8. The molecule has 8 heteroatoms. The number of carbonyl (C=O) groups is 3. The van der Waals surface area contributed by atoms with Crippen LogP contribution in [-0.2, 0) is 21.7 Å². The number of imide groups is 1. The third kappa shape index (κ3) is 4.16. The van der Waals surface area contributed by atoms with E-state index in [1.807, 2.05) is 44.2 Å². The summed E-state index contributed by atoms with van der Waals surface area (Å²) < 4.78 is 0. The zero-order valence-electron chi connectivity index (χ0n) is 17.2. The zero-order valence-corrected chi connectivity index (χ0v) is 18.0. The fourth-order valence-corrected chi connectivity index (χ4v) is 3.74. The predicted molar refractivity (Wildman–Crippen MR) is 114 cm³/mol. The highest BCUT2D eigenvalue weighted by atomic mass is 35.5. The molecule has 0 bridgehead atoms. The molecule has 0 saturated carbocycles. The second-order valence-electron chi connectivity index (χ2n) is 7.82. The number of pyridine rings is 1. The molecule has 3 rings (SSSR count). The van der Waals surface area contributed by atoms with E-state index in [1.165, 1.54) is 4.90 Å². The van der Waals surface area contributed by atoms with Crippen LogP contribution in [0.1, 0.15) is 38.3 Å². The first-order valence-corrected chi connectivity index (χ1v) is 9.59. The van der Waals surface area contributed by atoms with E-state index in [2.05, 4.69) is 4.98 Å². The van der Waals surface area contributed by atoms with Gasteiger partial charge in [0.15, 0.2) is 0 Å². The van der Waals surface area contributed by atoms with Gasteiger partial charge < -0.3 is 10.0 Å². The lowest BCUT2D eigenvalue weighted by molar-refractivity contribution is -0.148. The summed E-state index contributed by atoms with van der Waals surface area (Å²) in [7, 11) is 0. The predicted octanol–water partition coefficient (Wildman–Crippen LogP) is 3.68. The van der Waals surface area contributed by atoms with Crippen molar-refractivity contribution in [2.45, 2.75) is 45.3 Å². The first-order valence-electron chi connectivity index (χ1n) is 9.59. The van der Waals surface area contributed by atoms with Gasteiger partial charge in [-0.2, -0.15) is 0 Å². The molecule has 1 aliphatic rings. The van der Waals surface area contributed by atoms with Crippen molar-refractivity contribution in [3.8, 4) is 0 Å². The van der Waals surface area contributed by atoms with Crippen molar-refractivity contribution in [3.63, 3.8) is 0 Å². The van der Waals surface area contributed by atoms with Gasteiger partial charge in [-0.05, 0) is 42.5 Å². The minimum Gasteiger partial charge on any atom is -0.480 e. The van der Waals surface area contributed by atoms with Crippen molar-refractivity contribution >= 4 is 30.3 Å². The van der Waals surface area contributed by atoms with E-state index >= 15 is 0 Å². The summed E-state index contributed by atoms with van der Waals surface area (Å²) in [4.78, 5) is 45.3. The number of carboxylic acids is 1. The molecule has 0 radical (unpaired) electrons. The van der Waals surface area contributed by atoms with Crippen LogP contribution in [0.3, 0.4) is 0 Å². The number of aliphatic carboxylic acids is 1. The number of hydrogen-bond acceptors (Lipinski definition) is 4. The lowest BCUT2D eigenvalue weighted by atomic mass is 9.90. The van der Waals surface area contributed by atoms with E-state index in [4.69, 9.17) is 0 Å². The highest BCUT2D eigenvalue weighted by Gasteiger charge is 2.58. The Morgan fingerprint density at radius 2 is 1.70 bits per heavy atom. The molecule has 7 nitrogen and oxygen atoms in total. The third-order valence-electron chi connectivity index (χ3n) is 5.33. The van der Waals surface area contributed by atoms with Gasteiger partial charge in [0.25, 0.3) is 5.91 Å². The van der Waals surface area contributed by atoms with Crippen LogP contribution in [0.5, 0.6) is 0 Å². The largest absolute Gasteiger partial charge is 0.480 e. The van der Waals surface area contributed by atoms with Gasteiger partial charge in [-0.1, -0.05) is 44.2 Å². The second kappa shape index (κ2) is 9.26. The van der Waals surface area contributed by atoms with Crippen LogP contribution < -0.4 is 0 Å². The number of rotatable bonds is 7. The van der Waals surface area contributed by atoms with Crippen LogP contribution in [0, 0.1) is 5.92 Å². The number of aromatic nitrogens is 1. The van der Waals surface area contributed by atoms with Gasteiger partial charge >= 0.3 is 12.0 Å². The zero-order chi connectivity index (χ0) is 21.2. The van der Waals surface area contributed by atoms with Crippen molar-refractivity contribution in [2.24, 2.45) is 5.92 Å². The molecule has 1 saturated heterocycles.